The minimum Gasteiger partial charge on any atom is -0.493 e. The van der Waals surface area contributed by atoms with Crippen molar-refractivity contribution in [3.05, 3.63) is 48.5 Å². The molecule has 2 heterocycles. The van der Waals surface area contributed by atoms with Crippen LogP contribution in [0.25, 0.3) is 11.1 Å². The summed E-state index contributed by atoms with van der Waals surface area (Å²) < 4.78 is 22.9. The van der Waals surface area contributed by atoms with Gasteiger partial charge in [0.15, 0.2) is 0 Å². The smallest absolute Gasteiger partial charge is 0.119 e. The highest BCUT2D eigenvalue weighted by atomic mass is 16.5. The largest absolute Gasteiger partial charge is 0.493 e. The fourth-order valence-electron chi connectivity index (χ4n) is 3.84. The molecule has 150 valence electrons. The summed E-state index contributed by atoms with van der Waals surface area (Å²) in [5.41, 5.74) is 2.35. The van der Waals surface area contributed by atoms with Crippen molar-refractivity contribution in [2.24, 2.45) is 11.8 Å². The first-order chi connectivity index (χ1) is 13.8. The van der Waals surface area contributed by atoms with Crippen LogP contribution in [-0.2, 0) is 9.47 Å². The number of hydrogen-bond donors (Lipinski definition) is 0. The van der Waals surface area contributed by atoms with E-state index in [1.807, 2.05) is 24.3 Å². The maximum atomic E-state index is 5.93. The van der Waals surface area contributed by atoms with Crippen LogP contribution in [0.15, 0.2) is 48.5 Å². The minimum absolute atomic E-state index is 0.365. The van der Waals surface area contributed by atoms with Gasteiger partial charge in [0.2, 0.25) is 0 Å². The SMILES string of the molecule is CCC1OCC1COc1ccc(-c2ccc(OCC3COC3CC)cc2)cc1. The van der Waals surface area contributed by atoms with Crippen LogP contribution in [0.1, 0.15) is 26.7 Å². The molecule has 4 unspecified atom stereocenters. The Morgan fingerprint density at radius 3 is 1.36 bits per heavy atom. The van der Waals surface area contributed by atoms with Crippen LogP contribution >= 0.6 is 0 Å². The minimum atomic E-state index is 0.365. The summed E-state index contributed by atoms with van der Waals surface area (Å²) >= 11 is 0. The molecule has 0 saturated carbocycles. The summed E-state index contributed by atoms with van der Waals surface area (Å²) in [4.78, 5) is 0. The third-order valence-corrected chi connectivity index (χ3v) is 5.88. The van der Waals surface area contributed by atoms with E-state index in [0.29, 0.717) is 24.0 Å². The lowest BCUT2D eigenvalue weighted by Gasteiger charge is -2.35. The molecule has 2 fully saturated rings. The van der Waals surface area contributed by atoms with E-state index < -0.39 is 0 Å². The molecular weight excluding hydrogens is 352 g/mol. The second-order valence-corrected chi connectivity index (χ2v) is 7.75. The average Bonchev–Trinajstić information content (AvgIpc) is 2.68. The van der Waals surface area contributed by atoms with Gasteiger partial charge in [-0.1, -0.05) is 38.1 Å². The molecule has 2 aliphatic heterocycles. The Labute approximate surface area is 167 Å². The van der Waals surface area contributed by atoms with Crippen molar-refractivity contribution in [1.29, 1.82) is 0 Å². The third kappa shape index (κ3) is 4.34. The van der Waals surface area contributed by atoms with E-state index in [1.54, 1.807) is 0 Å². The van der Waals surface area contributed by atoms with Gasteiger partial charge >= 0.3 is 0 Å². The molecule has 0 amide bonds. The average molecular weight is 383 g/mol. The first kappa shape index (κ1) is 19.3. The van der Waals surface area contributed by atoms with E-state index in [2.05, 4.69) is 38.1 Å². The standard InChI is InChI=1S/C24H30O4/c1-3-23-19(15-27-23)13-25-21-9-5-17(6-10-21)18-7-11-22(12-8-18)26-14-20-16-28-24(20)4-2/h5-12,19-20,23-24H,3-4,13-16H2,1-2H3. The molecule has 2 aromatic carbocycles. The van der Waals surface area contributed by atoms with Crippen LogP contribution in [-0.4, -0.2) is 38.6 Å². The lowest BCUT2D eigenvalue weighted by Crippen LogP contribution is -2.42. The summed E-state index contributed by atoms with van der Waals surface area (Å²) in [6.07, 6.45) is 2.84. The zero-order chi connectivity index (χ0) is 19.3. The van der Waals surface area contributed by atoms with Gasteiger partial charge in [-0.25, -0.2) is 0 Å². The maximum Gasteiger partial charge on any atom is 0.119 e. The van der Waals surface area contributed by atoms with Gasteiger partial charge in [0.25, 0.3) is 0 Å². The van der Waals surface area contributed by atoms with E-state index in [1.165, 1.54) is 11.1 Å². The van der Waals surface area contributed by atoms with Crippen LogP contribution in [0.2, 0.25) is 0 Å². The van der Waals surface area contributed by atoms with Crippen LogP contribution < -0.4 is 9.47 Å². The Bertz CT molecular complexity index is 671. The first-order valence-corrected chi connectivity index (χ1v) is 10.5. The fourth-order valence-corrected chi connectivity index (χ4v) is 3.84. The van der Waals surface area contributed by atoms with Gasteiger partial charge in [0, 0.05) is 11.8 Å². The van der Waals surface area contributed by atoms with Gasteiger partial charge < -0.3 is 18.9 Å². The Hall–Kier alpha value is -2.04. The van der Waals surface area contributed by atoms with E-state index >= 15 is 0 Å². The highest BCUT2D eigenvalue weighted by Crippen LogP contribution is 2.28. The Morgan fingerprint density at radius 2 is 1.07 bits per heavy atom. The summed E-state index contributed by atoms with van der Waals surface area (Å²) in [5.74, 6) is 2.88. The fraction of sp³-hybridized carbons (Fsp3) is 0.500. The normalized spacial score (nSPS) is 26.2. The molecule has 4 heteroatoms. The summed E-state index contributed by atoms with van der Waals surface area (Å²) in [5, 5.41) is 0. The molecule has 2 aromatic rings. The second-order valence-electron chi connectivity index (χ2n) is 7.75. The Kier molecular flexibility index (Phi) is 6.18. The van der Waals surface area contributed by atoms with Crippen molar-refractivity contribution in [2.45, 2.75) is 38.9 Å². The monoisotopic (exact) mass is 382 g/mol. The number of ether oxygens (including phenoxy) is 4. The number of benzene rings is 2. The number of rotatable bonds is 9. The molecule has 4 nitrogen and oxygen atoms in total. The van der Waals surface area contributed by atoms with E-state index in [0.717, 1.165) is 50.8 Å². The van der Waals surface area contributed by atoms with E-state index in [-0.39, 0.29) is 0 Å². The van der Waals surface area contributed by atoms with Crippen LogP contribution in [0.3, 0.4) is 0 Å². The molecule has 4 atom stereocenters. The summed E-state index contributed by atoms with van der Waals surface area (Å²) in [6, 6.07) is 16.6. The number of hydrogen-bond acceptors (Lipinski definition) is 4. The maximum absolute atomic E-state index is 5.93. The molecule has 4 rings (SSSR count). The molecule has 0 bridgehead atoms. The lowest BCUT2D eigenvalue weighted by atomic mass is 9.97. The van der Waals surface area contributed by atoms with Crippen LogP contribution in [0.5, 0.6) is 11.5 Å². The predicted octanol–water partition coefficient (Wildman–Crippen LogP) is 4.96. The molecule has 0 aliphatic carbocycles. The van der Waals surface area contributed by atoms with E-state index in [9.17, 15) is 0 Å². The van der Waals surface area contributed by atoms with Gasteiger partial charge in [-0.2, -0.15) is 0 Å². The van der Waals surface area contributed by atoms with Crippen molar-refractivity contribution in [2.75, 3.05) is 26.4 Å². The topological polar surface area (TPSA) is 36.9 Å². The van der Waals surface area contributed by atoms with E-state index in [4.69, 9.17) is 18.9 Å². The highest BCUT2D eigenvalue weighted by Gasteiger charge is 2.31. The first-order valence-electron chi connectivity index (χ1n) is 10.5. The van der Waals surface area contributed by atoms with Gasteiger partial charge in [0.1, 0.15) is 11.5 Å². The Morgan fingerprint density at radius 1 is 0.679 bits per heavy atom. The zero-order valence-electron chi connectivity index (χ0n) is 16.8. The van der Waals surface area contributed by atoms with Crippen LogP contribution in [0, 0.1) is 11.8 Å². The molecule has 0 aromatic heterocycles. The van der Waals surface area contributed by atoms with Crippen LogP contribution in [0.4, 0.5) is 0 Å². The van der Waals surface area contributed by atoms with Gasteiger partial charge in [-0.15, -0.1) is 0 Å². The predicted molar refractivity (Wildman–Crippen MR) is 110 cm³/mol. The molecule has 28 heavy (non-hydrogen) atoms. The zero-order valence-corrected chi connectivity index (χ0v) is 16.8. The highest BCUT2D eigenvalue weighted by molar-refractivity contribution is 5.64. The second kappa shape index (κ2) is 8.97. The van der Waals surface area contributed by atoms with Gasteiger partial charge in [-0.05, 0) is 48.2 Å². The molecule has 0 radical (unpaired) electrons. The van der Waals surface area contributed by atoms with Crippen molar-refractivity contribution in [3.8, 4) is 22.6 Å². The Balaban J connectivity index is 1.28. The van der Waals surface area contributed by atoms with Crippen molar-refractivity contribution in [3.63, 3.8) is 0 Å². The van der Waals surface area contributed by atoms with Gasteiger partial charge in [-0.3, -0.25) is 0 Å². The molecular formula is C24H30O4. The molecule has 0 N–H and O–H groups in total. The summed E-state index contributed by atoms with van der Waals surface area (Å²) in [6.45, 7) is 7.41. The van der Waals surface area contributed by atoms with Crippen molar-refractivity contribution >= 4 is 0 Å². The third-order valence-electron chi connectivity index (χ3n) is 5.88. The molecule has 2 aliphatic rings. The quantitative estimate of drug-likeness (QED) is 0.614. The van der Waals surface area contributed by atoms with Crippen molar-refractivity contribution < 1.29 is 18.9 Å². The van der Waals surface area contributed by atoms with Gasteiger partial charge in [0.05, 0.1) is 38.6 Å². The molecule has 0 spiro atoms. The molecule has 2 saturated heterocycles. The lowest BCUT2D eigenvalue weighted by molar-refractivity contribution is -0.128. The van der Waals surface area contributed by atoms with Crippen molar-refractivity contribution in [1.82, 2.24) is 0 Å². The summed E-state index contributed by atoms with van der Waals surface area (Å²) in [7, 11) is 0.